The first-order chi connectivity index (χ1) is 9.22. The molecule has 0 saturated carbocycles. The molecule has 0 aliphatic heterocycles. The van der Waals surface area contributed by atoms with Crippen LogP contribution >= 0.6 is 0 Å². The summed E-state index contributed by atoms with van der Waals surface area (Å²) >= 11 is 0. The molecule has 1 N–H and O–H groups in total. The summed E-state index contributed by atoms with van der Waals surface area (Å²) in [7, 11) is 0. The SMILES string of the molecule is N#Cc1ccc(OC(=O)c2ccc(CO)cc2)cc1. The van der Waals surface area contributed by atoms with Gasteiger partial charge in [0.25, 0.3) is 0 Å². The molecule has 0 unspecified atom stereocenters. The second-order valence-electron chi connectivity index (χ2n) is 3.88. The molecule has 0 aliphatic carbocycles. The molecule has 0 fully saturated rings. The smallest absolute Gasteiger partial charge is 0.343 e. The summed E-state index contributed by atoms with van der Waals surface area (Å²) in [6, 6.07) is 14.8. The number of rotatable bonds is 3. The zero-order valence-electron chi connectivity index (χ0n) is 10.0. The number of aliphatic hydroxyl groups is 1. The third kappa shape index (κ3) is 3.18. The number of nitriles is 1. The van der Waals surface area contributed by atoms with Gasteiger partial charge in [-0.3, -0.25) is 0 Å². The van der Waals surface area contributed by atoms with E-state index in [1.807, 2.05) is 6.07 Å². The van der Waals surface area contributed by atoms with Gasteiger partial charge < -0.3 is 9.84 Å². The van der Waals surface area contributed by atoms with Crippen molar-refractivity contribution in [2.24, 2.45) is 0 Å². The van der Waals surface area contributed by atoms with Crippen LogP contribution in [0.3, 0.4) is 0 Å². The summed E-state index contributed by atoms with van der Waals surface area (Å²) in [5, 5.41) is 17.6. The van der Waals surface area contributed by atoms with Crippen LogP contribution in [0.1, 0.15) is 21.5 Å². The minimum atomic E-state index is -0.478. The number of carbonyl (C=O) groups excluding carboxylic acids is 1. The maximum absolute atomic E-state index is 11.8. The molecular formula is C15H11NO3. The predicted molar refractivity (Wildman–Crippen MR) is 68.5 cm³/mol. The van der Waals surface area contributed by atoms with Crippen LogP contribution in [0.2, 0.25) is 0 Å². The highest BCUT2D eigenvalue weighted by atomic mass is 16.5. The molecule has 19 heavy (non-hydrogen) atoms. The fraction of sp³-hybridized carbons (Fsp3) is 0.0667. The number of benzene rings is 2. The Hall–Kier alpha value is -2.64. The highest BCUT2D eigenvalue weighted by molar-refractivity contribution is 5.91. The quantitative estimate of drug-likeness (QED) is 0.673. The lowest BCUT2D eigenvalue weighted by Gasteiger charge is -2.04. The van der Waals surface area contributed by atoms with Crippen molar-refractivity contribution in [3.63, 3.8) is 0 Å². The van der Waals surface area contributed by atoms with Crippen LogP contribution in [-0.2, 0) is 6.61 Å². The van der Waals surface area contributed by atoms with E-state index in [1.165, 1.54) is 0 Å². The Bertz CT molecular complexity index is 609. The van der Waals surface area contributed by atoms with E-state index in [4.69, 9.17) is 15.1 Å². The van der Waals surface area contributed by atoms with Gasteiger partial charge in [-0.1, -0.05) is 12.1 Å². The highest BCUT2D eigenvalue weighted by Gasteiger charge is 2.08. The van der Waals surface area contributed by atoms with Crippen molar-refractivity contribution in [2.75, 3.05) is 0 Å². The molecule has 94 valence electrons. The van der Waals surface area contributed by atoms with Gasteiger partial charge in [-0.25, -0.2) is 4.79 Å². The maximum atomic E-state index is 11.8. The van der Waals surface area contributed by atoms with E-state index in [2.05, 4.69) is 0 Å². The Labute approximate surface area is 110 Å². The maximum Gasteiger partial charge on any atom is 0.343 e. The summed E-state index contributed by atoms with van der Waals surface area (Å²) in [4.78, 5) is 11.8. The summed E-state index contributed by atoms with van der Waals surface area (Å²) in [6.45, 7) is -0.0645. The predicted octanol–water partition coefficient (Wildman–Crippen LogP) is 2.27. The van der Waals surface area contributed by atoms with Gasteiger partial charge in [0.05, 0.1) is 23.8 Å². The van der Waals surface area contributed by atoms with Crippen LogP contribution < -0.4 is 4.74 Å². The van der Waals surface area contributed by atoms with Gasteiger partial charge in [-0.05, 0) is 42.0 Å². The van der Waals surface area contributed by atoms with Crippen molar-refractivity contribution in [1.82, 2.24) is 0 Å². The van der Waals surface area contributed by atoms with Crippen LogP contribution in [0, 0.1) is 11.3 Å². The monoisotopic (exact) mass is 253 g/mol. The first-order valence-electron chi connectivity index (χ1n) is 5.65. The highest BCUT2D eigenvalue weighted by Crippen LogP contribution is 2.14. The topological polar surface area (TPSA) is 70.3 Å². The Morgan fingerprint density at radius 2 is 1.74 bits per heavy atom. The lowest BCUT2D eigenvalue weighted by atomic mass is 10.1. The van der Waals surface area contributed by atoms with Crippen LogP contribution in [0.4, 0.5) is 0 Å². The van der Waals surface area contributed by atoms with Gasteiger partial charge >= 0.3 is 5.97 Å². The summed E-state index contributed by atoms with van der Waals surface area (Å²) < 4.78 is 5.16. The number of aliphatic hydroxyl groups excluding tert-OH is 1. The Morgan fingerprint density at radius 1 is 1.11 bits per heavy atom. The molecule has 0 aliphatic rings. The average molecular weight is 253 g/mol. The number of hydrogen-bond acceptors (Lipinski definition) is 4. The second kappa shape index (κ2) is 5.80. The van der Waals surface area contributed by atoms with Crippen molar-refractivity contribution in [3.05, 3.63) is 65.2 Å². The van der Waals surface area contributed by atoms with Crippen LogP contribution in [0.25, 0.3) is 0 Å². The molecule has 0 heterocycles. The molecule has 0 bridgehead atoms. The van der Waals surface area contributed by atoms with E-state index in [9.17, 15) is 4.79 Å². The number of hydrogen-bond donors (Lipinski definition) is 1. The van der Waals surface area contributed by atoms with E-state index in [0.717, 1.165) is 5.56 Å². The van der Waals surface area contributed by atoms with E-state index >= 15 is 0 Å². The van der Waals surface area contributed by atoms with Gasteiger partial charge in [-0.15, -0.1) is 0 Å². The van der Waals surface area contributed by atoms with Gasteiger partial charge in [-0.2, -0.15) is 5.26 Å². The Morgan fingerprint density at radius 3 is 2.26 bits per heavy atom. The molecule has 2 rings (SSSR count). The fourth-order valence-corrected chi connectivity index (χ4v) is 1.51. The molecule has 4 nitrogen and oxygen atoms in total. The fourth-order valence-electron chi connectivity index (χ4n) is 1.51. The summed E-state index contributed by atoms with van der Waals surface area (Å²) in [5.74, 6) is -0.0931. The van der Waals surface area contributed by atoms with Crippen molar-refractivity contribution >= 4 is 5.97 Å². The molecule has 2 aromatic carbocycles. The van der Waals surface area contributed by atoms with Crippen molar-refractivity contribution < 1.29 is 14.6 Å². The lowest BCUT2D eigenvalue weighted by Crippen LogP contribution is -2.08. The van der Waals surface area contributed by atoms with Gasteiger partial charge in [0.15, 0.2) is 0 Å². The molecule has 0 aromatic heterocycles. The van der Waals surface area contributed by atoms with Crippen molar-refractivity contribution in [1.29, 1.82) is 5.26 Å². The standard InChI is InChI=1S/C15H11NO3/c16-9-11-3-7-14(8-4-11)19-15(18)13-5-1-12(10-17)2-6-13/h1-8,17H,10H2. The molecule has 4 heteroatoms. The molecule has 0 saturated heterocycles. The van der Waals surface area contributed by atoms with Gasteiger partial charge in [0, 0.05) is 0 Å². The number of nitrogens with zero attached hydrogens (tertiary/aromatic N) is 1. The van der Waals surface area contributed by atoms with Crippen molar-refractivity contribution in [2.45, 2.75) is 6.61 Å². The zero-order valence-corrected chi connectivity index (χ0v) is 10.0. The average Bonchev–Trinajstić information content (AvgIpc) is 2.48. The minimum Gasteiger partial charge on any atom is -0.423 e. The summed E-state index contributed by atoms with van der Waals surface area (Å²) in [5.41, 5.74) is 1.64. The van der Waals surface area contributed by atoms with E-state index in [0.29, 0.717) is 16.9 Å². The number of ether oxygens (including phenoxy) is 1. The van der Waals surface area contributed by atoms with Crippen LogP contribution in [-0.4, -0.2) is 11.1 Å². The van der Waals surface area contributed by atoms with Crippen molar-refractivity contribution in [3.8, 4) is 11.8 Å². The largest absolute Gasteiger partial charge is 0.423 e. The minimum absolute atomic E-state index is 0.0645. The summed E-state index contributed by atoms with van der Waals surface area (Å²) in [6.07, 6.45) is 0. The van der Waals surface area contributed by atoms with Crippen LogP contribution in [0.15, 0.2) is 48.5 Å². The zero-order chi connectivity index (χ0) is 13.7. The van der Waals surface area contributed by atoms with Gasteiger partial charge in [0.1, 0.15) is 5.75 Å². The van der Waals surface area contributed by atoms with Crippen LogP contribution in [0.5, 0.6) is 5.75 Å². The second-order valence-corrected chi connectivity index (χ2v) is 3.88. The Balaban J connectivity index is 2.09. The molecule has 0 atom stereocenters. The molecule has 0 radical (unpaired) electrons. The Kier molecular flexibility index (Phi) is 3.91. The third-order valence-corrected chi connectivity index (χ3v) is 2.57. The number of carbonyl (C=O) groups is 1. The van der Waals surface area contributed by atoms with E-state index in [-0.39, 0.29) is 6.61 Å². The third-order valence-electron chi connectivity index (χ3n) is 2.57. The molecule has 0 spiro atoms. The first kappa shape index (κ1) is 12.8. The number of esters is 1. The molecule has 2 aromatic rings. The normalized spacial score (nSPS) is 9.68. The van der Waals surface area contributed by atoms with Gasteiger partial charge in [0.2, 0.25) is 0 Å². The van der Waals surface area contributed by atoms with E-state index in [1.54, 1.807) is 48.5 Å². The van der Waals surface area contributed by atoms with E-state index < -0.39 is 5.97 Å². The first-order valence-corrected chi connectivity index (χ1v) is 5.65. The molecule has 0 amide bonds. The molecular weight excluding hydrogens is 242 g/mol. The lowest BCUT2D eigenvalue weighted by molar-refractivity contribution is 0.0734.